The van der Waals surface area contributed by atoms with Crippen LogP contribution in [0.3, 0.4) is 0 Å². The van der Waals surface area contributed by atoms with Gasteiger partial charge in [0, 0.05) is 44.1 Å². The van der Waals surface area contributed by atoms with E-state index in [-0.39, 0.29) is 55.5 Å². The van der Waals surface area contributed by atoms with Crippen LogP contribution < -0.4 is 0 Å². The molecule has 4 heteroatoms. The topological polar surface area (TPSA) is 25.8 Å². The smallest absolute Gasteiger partial charge is 0.0619 e. The molecule has 0 spiro atoms. The summed E-state index contributed by atoms with van der Waals surface area (Å²) in [6.45, 7) is -2.48. The molecular formula is C41H40IrN2S-2. The van der Waals surface area contributed by atoms with E-state index in [0.29, 0.717) is 16.8 Å². The zero-order valence-electron chi connectivity index (χ0n) is 34.1. The van der Waals surface area contributed by atoms with Gasteiger partial charge in [0.2, 0.25) is 0 Å². The van der Waals surface area contributed by atoms with Crippen molar-refractivity contribution >= 4 is 31.5 Å². The van der Waals surface area contributed by atoms with E-state index in [1.807, 2.05) is 30.3 Å². The molecule has 6 aromatic rings. The Bertz CT molecular complexity index is 2280. The van der Waals surface area contributed by atoms with Crippen molar-refractivity contribution in [2.24, 2.45) is 0 Å². The number of benzene rings is 3. The summed E-state index contributed by atoms with van der Waals surface area (Å²) >= 11 is 1.58. The van der Waals surface area contributed by atoms with Gasteiger partial charge in [-0.05, 0) is 82.5 Å². The Labute approximate surface area is 298 Å². The van der Waals surface area contributed by atoms with E-state index in [9.17, 15) is 0 Å². The zero-order chi connectivity index (χ0) is 37.5. The van der Waals surface area contributed by atoms with Gasteiger partial charge >= 0.3 is 0 Å². The van der Waals surface area contributed by atoms with Crippen molar-refractivity contribution in [1.29, 1.82) is 0 Å². The maximum atomic E-state index is 9.16. The zero-order valence-corrected chi connectivity index (χ0v) is 28.3. The molecular weight excluding hydrogens is 745 g/mol. The molecule has 0 aliphatic heterocycles. The molecule has 2 aliphatic carbocycles. The average Bonchev–Trinajstić information content (AvgIpc) is 3.54. The predicted octanol–water partition coefficient (Wildman–Crippen LogP) is 11.9. The maximum absolute atomic E-state index is 9.16. The maximum Gasteiger partial charge on any atom is 0.0619 e. The van der Waals surface area contributed by atoms with Crippen molar-refractivity contribution in [2.45, 2.75) is 82.8 Å². The molecule has 8 rings (SSSR count). The van der Waals surface area contributed by atoms with Crippen LogP contribution in [0.25, 0.3) is 42.7 Å². The summed E-state index contributed by atoms with van der Waals surface area (Å²) in [6.07, 6.45) is 12.6. The Hall–Kier alpha value is -3.17. The number of thiophene rings is 1. The van der Waals surface area contributed by atoms with Gasteiger partial charge in [-0.3, -0.25) is 0 Å². The number of aromatic nitrogens is 2. The van der Waals surface area contributed by atoms with Crippen LogP contribution in [0.2, 0.25) is 0 Å². The van der Waals surface area contributed by atoms with Crippen LogP contribution in [0.1, 0.15) is 105 Å². The van der Waals surface area contributed by atoms with Gasteiger partial charge in [-0.25, -0.2) is 0 Å². The molecule has 2 saturated carbocycles. The van der Waals surface area contributed by atoms with E-state index in [1.54, 1.807) is 29.7 Å². The van der Waals surface area contributed by atoms with Crippen molar-refractivity contribution in [1.82, 2.24) is 9.97 Å². The Kier molecular flexibility index (Phi) is 7.43. The summed E-state index contributed by atoms with van der Waals surface area (Å²) in [6, 6.07) is 23.2. The predicted molar refractivity (Wildman–Crippen MR) is 186 cm³/mol. The molecule has 0 saturated heterocycles. The molecule has 2 fully saturated rings. The summed E-state index contributed by atoms with van der Waals surface area (Å²) in [5.41, 5.74) is 3.51. The van der Waals surface area contributed by atoms with Gasteiger partial charge in [0.15, 0.2) is 0 Å². The van der Waals surface area contributed by atoms with Crippen LogP contribution in [-0.4, -0.2) is 9.97 Å². The molecule has 0 unspecified atom stereocenters. The summed E-state index contributed by atoms with van der Waals surface area (Å²) in [5.74, 6) is -1.33. The van der Waals surface area contributed by atoms with Gasteiger partial charge in [0.25, 0.3) is 0 Å². The van der Waals surface area contributed by atoms with Crippen molar-refractivity contribution < 1.29 is 32.4 Å². The Morgan fingerprint density at radius 2 is 1.49 bits per heavy atom. The molecule has 0 atom stereocenters. The van der Waals surface area contributed by atoms with Gasteiger partial charge in [-0.2, -0.15) is 11.3 Å². The molecule has 1 radical (unpaired) electrons. The molecule has 3 heterocycles. The average molecular weight is 794 g/mol. The Balaban J connectivity index is 0.000000197. The summed E-state index contributed by atoms with van der Waals surface area (Å²) < 4.78 is 75.7. The molecule has 0 bridgehead atoms. The largest absolute Gasteiger partial charge is 0.304 e. The first-order valence-electron chi connectivity index (χ1n) is 20.1. The van der Waals surface area contributed by atoms with Crippen LogP contribution in [0.4, 0.5) is 0 Å². The van der Waals surface area contributed by atoms with Crippen LogP contribution in [0.5, 0.6) is 0 Å². The fraction of sp³-hybridized carbons (Fsp3) is 0.317. The summed E-state index contributed by atoms with van der Waals surface area (Å²) in [7, 11) is 0. The van der Waals surface area contributed by atoms with Gasteiger partial charge < -0.3 is 9.97 Å². The van der Waals surface area contributed by atoms with E-state index >= 15 is 0 Å². The summed E-state index contributed by atoms with van der Waals surface area (Å²) in [5, 5.41) is 2.08. The third-order valence-corrected chi connectivity index (χ3v) is 9.88. The van der Waals surface area contributed by atoms with E-state index in [1.165, 1.54) is 12.6 Å². The Morgan fingerprint density at radius 3 is 2.27 bits per heavy atom. The first-order chi connectivity index (χ1) is 25.3. The molecule has 231 valence electrons. The second kappa shape index (κ2) is 14.9. The molecule has 45 heavy (non-hydrogen) atoms. The standard InChI is InChI=1S/C24H22NS.C17H18N.Ir/c1-16-13-14-22(25-15-16)21-12-6-11-20-19-10-5-9-18(23(19)26-24(20)21)17-7-3-2-4-8-17;1-3-7-14(8-4-1)16-11-12-17(18-13-16)15-9-5-2-6-10-15;/h5-6,9-11,13-15,17H,2-4,7-8H2,1H3;2,5-6,9,11-14H,1,3-4,7-8H2;/q2*-1;/i1D3,13D,14D,17D;11D,12D,14D;. The first-order valence-corrected chi connectivity index (χ1v) is 16.4. The third-order valence-electron chi connectivity index (χ3n) is 8.61. The minimum Gasteiger partial charge on any atom is -0.304 e. The van der Waals surface area contributed by atoms with Gasteiger partial charge in [-0.15, -0.1) is 59.7 Å². The third kappa shape index (κ3) is 7.14. The van der Waals surface area contributed by atoms with Crippen molar-refractivity contribution in [2.75, 3.05) is 0 Å². The van der Waals surface area contributed by atoms with E-state index in [2.05, 4.69) is 34.2 Å². The number of aryl methyl sites for hydroxylation is 1. The molecule has 0 N–H and O–H groups in total. The van der Waals surface area contributed by atoms with Gasteiger partial charge in [0.1, 0.15) is 0 Å². The van der Waals surface area contributed by atoms with Crippen LogP contribution in [0, 0.1) is 19.0 Å². The Morgan fingerprint density at radius 1 is 0.733 bits per heavy atom. The van der Waals surface area contributed by atoms with E-state index in [4.69, 9.17) is 12.3 Å². The van der Waals surface area contributed by atoms with E-state index in [0.717, 1.165) is 89.1 Å². The number of nitrogens with zero attached hydrogens (tertiary/aromatic N) is 2. The quantitative estimate of drug-likeness (QED) is 0.166. The number of hydrogen-bond donors (Lipinski definition) is 0. The minimum absolute atomic E-state index is 0. The SMILES string of the molecule is [2H]c1c(C([2H])([2H])[2H])cnc(-c2[c-]ccc3c2sc2c(C4([2H])CCCCC4)cccc23)c1[2H].[2H]c1c(C2([2H])CCCCC2)cnc(-c2[c-]cccc2)c1[2H].[Ir]. The van der Waals surface area contributed by atoms with Gasteiger partial charge in [0.05, 0.1) is 5.48 Å². The number of hydrogen-bond acceptors (Lipinski definition) is 3. The van der Waals surface area contributed by atoms with Crippen LogP contribution in [-0.2, 0) is 20.1 Å². The molecule has 2 aliphatic rings. The molecule has 3 aromatic carbocycles. The second-order valence-electron chi connectivity index (χ2n) is 11.5. The van der Waals surface area contributed by atoms with Crippen LogP contribution in [0.15, 0.2) is 91.2 Å². The normalized spacial score (nSPS) is 20.3. The molecule has 3 aromatic heterocycles. The first kappa shape index (κ1) is 22.4. The van der Waals surface area contributed by atoms with Gasteiger partial charge in [-0.1, -0.05) is 86.3 Å². The van der Waals surface area contributed by atoms with E-state index < -0.39 is 18.6 Å². The monoisotopic (exact) mass is 794 g/mol. The molecule has 2 nitrogen and oxygen atoms in total. The number of fused-ring (bicyclic) bond motifs is 3. The minimum atomic E-state index is -2.48. The fourth-order valence-corrected chi connectivity index (χ4v) is 7.70. The van der Waals surface area contributed by atoms with Crippen molar-refractivity contribution in [3.63, 3.8) is 0 Å². The number of pyridine rings is 2. The van der Waals surface area contributed by atoms with Crippen molar-refractivity contribution in [3.8, 4) is 22.5 Å². The fourth-order valence-electron chi connectivity index (χ4n) is 6.34. The van der Waals surface area contributed by atoms with Crippen molar-refractivity contribution in [3.05, 3.63) is 120 Å². The van der Waals surface area contributed by atoms with Crippen LogP contribution >= 0.6 is 11.3 Å². The second-order valence-corrected chi connectivity index (χ2v) is 12.5. The number of rotatable bonds is 4. The molecule has 0 amide bonds. The summed E-state index contributed by atoms with van der Waals surface area (Å²) in [4.78, 5) is 8.66.